The van der Waals surface area contributed by atoms with Crippen LogP contribution in [0.4, 0.5) is 5.69 Å². The van der Waals surface area contributed by atoms with Crippen molar-refractivity contribution < 1.29 is 4.79 Å². The lowest BCUT2D eigenvalue weighted by atomic mass is 10.0. The number of pyridine rings is 1. The number of aryl methyl sites for hydroxylation is 1. The fraction of sp³-hybridized carbons (Fsp3) is 0.500. The summed E-state index contributed by atoms with van der Waals surface area (Å²) < 4.78 is 0. The van der Waals surface area contributed by atoms with Crippen LogP contribution in [0.25, 0.3) is 0 Å². The van der Waals surface area contributed by atoms with E-state index in [0.29, 0.717) is 0 Å². The van der Waals surface area contributed by atoms with Crippen molar-refractivity contribution >= 4 is 36.4 Å². The Hall–Kier alpha value is -0.840. The van der Waals surface area contributed by atoms with E-state index in [1.807, 2.05) is 19.1 Å². The maximum Gasteiger partial charge on any atom is 0.229 e. The van der Waals surface area contributed by atoms with E-state index in [-0.39, 0.29) is 42.7 Å². The van der Waals surface area contributed by atoms with Gasteiger partial charge in [-0.2, -0.15) is 0 Å². The number of carbonyl (C=O) groups excluding carboxylic acids is 1. The van der Waals surface area contributed by atoms with Crippen LogP contribution in [0.2, 0.25) is 0 Å². The number of nitrogens with two attached hydrogens (primary N) is 1. The highest BCUT2D eigenvalue weighted by atomic mass is 35.5. The number of aromatic nitrogens is 1. The first-order chi connectivity index (χ1) is 7.68. The largest absolute Gasteiger partial charge is 0.327 e. The summed E-state index contributed by atoms with van der Waals surface area (Å²) in [5.41, 5.74) is 7.51. The Bertz CT molecular complexity index is 401. The second-order valence-electron chi connectivity index (χ2n) is 4.33. The number of nitrogens with zero attached hydrogens (tertiary/aromatic N) is 1. The minimum atomic E-state index is -0.0420. The first-order valence-electron chi connectivity index (χ1n) is 5.66. The number of amides is 1. The number of nitrogens with one attached hydrogen (secondary N) is 1. The summed E-state index contributed by atoms with van der Waals surface area (Å²) in [6, 6.07) is 3.69. The van der Waals surface area contributed by atoms with Gasteiger partial charge in [-0.3, -0.25) is 9.78 Å². The number of hydrogen-bond acceptors (Lipinski definition) is 3. The van der Waals surface area contributed by atoms with Crippen LogP contribution in [-0.4, -0.2) is 16.9 Å². The molecule has 1 saturated carbocycles. The monoisotopic (exact) mass is 291 g/mol. The number of rotatable bonds is 2. The van der Waals surface area contributed by atoms with E-state index in [2.05, 4.69) is 10.3 Å². The van der Waals surface area contributed by atoms with Gasteiger partial charge in [0.15, 0.2) is 0 Å². The maximum atomic E-state index is 12.0. The van der Waals surface area contributed by atoms with Crippen molar-refractivity contribution in [1.29, 1.82) is 0 Å². The Morgan fingerprint density at radius 1 is 1.44 bits per heavy atom. The van der Waals surface area contributed by atoms with Gasteiger partial charge in [-0.15, -0.1) is 24.8 Å². The zero-order chi connectivity index (χ0) is 11.5. The molecule has 2 rings (SSSR count). The Kier molecular flexibility index (Phi) is 7.21. The van der Waals surface area contributed by atoms with Crippen molar-refractivity contribution in [2.45, 2.75) is 32.2 Å². The second-order valence-corrected chi connectivity index (χ2v) is 4.33. The predicted molar refractivity (Wildman–Crippen MR) is 77.4 cm³/mol. The molecule has 4 nitrogen and oxygen atoms in total. The van der Waals surface area contributed by atoms with Gasteiger partial charge in [0.1, 0.15) is 0 Å². The highest BCUT2D eigenvalue weighted by Gasteiger charge is 2.30. The van der Waals surface area contributed by atoms with Crippen molar-refractivity contribution in [3.8, 4) is 0 Å². The second kappa shape index (κ2) is 7.56. The summed E-state index contributed by atoms with van der Waals surface area (Å²) in [4.78, 5) is 16.1. The molecule has 0 saturated heterocycles. The molecule has 1 fully saturated rings. The summed E-state index contributed by atoms with van der Waals surface area (Å²) in [5, 5.41) is 2.90. The van der Waals surface area contributed by atoms with Gasteiger partial charge in [0.05, 0.1) is 17.3 Å². The molecule has 3 N–H and O–H groups in total. The smallest absolute Gasteiger partial charge is 0.229 e. The molecule has 1 aromatic heterocycles. The standard InChI is InChI=1S/C12H17N3O.2ClH/c1-8-11(6-3-7-14-8)15-12(16)9-4-2-5-10(9)13;;/h3,6-7,9-10H,2,4-5,13H2,1H3,(H,15,16);2*1H. The van der Waals surface area contributed by atoms with Crippen molar-refractivity contribution in [3.63, 3.8) is 0 Å². The van der Waals surface area contributed by atoms with Crippen molar-refractivity contribution in [1.82, 2.24) is 4.98 Å². The lowest BCUT2D eigenvalue weighted by Crippen LogP contribution is -2.34. The zero-order valence-corrected chi connectivity index (χ0v) is 11.9. The van der Waals surface area contributed by atoms with Crippen molar-refractivity contribution in [3.05, 3.63) is 24.0 Å². The lowest BCUT2D eigenvalue weighted by molar-refractivity contribution is -0.120. The first kappa shape index (κ1) is 17.2. The third-order valence-electron chi connectivity index (χ3n) is 3.17. The topological polar surface area (TPSA) is 68.0 Å². The van der Waals surface area contributed by atoms with Gasteiger partial charge in [-0.1, -0.05) is 6.42 Å². The fourth-order valence-corrected chi connectivity index (χ4v) is 2.16. The molecule has 0 bridgehead atoms. The normalized spacial score (nSPS) is 21.7. The van der Waals surface area contributed by atoms with Crippen LogP contribution in [-0.2, 0) is 4.79 Å². The van der Waals surface area contributed by atoms with Crippen molar-refractivity contribution in [2.24, 2.45) is 11.7 Å². The Balaban J connectivity index is 0.00000144. The summed E-state index contributed by atoms with van der Waals surface area (Å²) >= 11 is 0. The van der Waals surface area contributed by atoms with Gasteiger partial charge in [0, 0.05) is 12.2 Å². The SMILES string of the molecule is Cc1ncccc1NC(=O)C1CCCC1N.Cl.Cl. The third kappa shape index (κ3) is 3.83. The molecule has 6 heteroatoms. The first-order valence-corrected chi connectivity index (χ1v) is 5.66. The van der Waals surface area contributed by atoms with Crippen LogP contribution < -0.4 is 11.1 Å². The number of halogens is 2. The molecule has 18 heavy (non-hydrogen) atoms. The van der Waals surface area contributed by atoms with E-state index in [1.165, 1.54) is 0 Å². The minimum Gasteiger partial charge on any atom is -0.327 e. The summed E-state index contributed by atoms with van der Waals surface area (Å²) in [7, 11) is 0. The molecule has 2 unspecified atom stereocenters. The van der Waals surface area contributed by atoms with Crippen LogP contribution in [0.1, 0.15) is 25.0 Å². The number of anilines is 1. The highest BCUT2D eigenvalue weighted by Crippen LogP contribution is 2.25. The summed E-state index contributed by atoms with van der Waals surface area (Å²) in [5.74, 6) is -0.0132. The quantitative estimate of drug-likeness (QED) is 0.879. The molecule has 1 amide bonds. The molecule has 1 aliphatic carbocycles. The van der Waals surface area contributed by atoms with E-state index in [9.17, 15) is 4.79 Å². The predicted octanol–water partition coefficient (Wildman–Crippen LogP) is 2.30. The average Bonchev–Trinajstić information content (AvgIpc) is 2.68. The molecule has 0 radical (unpaired) electrons. The van der Waals surface area contributed by atoms with Gasteiger partial charge in [-0.25, -0.2) is 0 Å². The molecular formula is C12H19Cl2N3O. The van der Waals surface area contributed by atoms with E-state index >= 15 is 0 Å². The number of carbonyl (C=O) groups is 1. The minimum absolute atomic E-state index is 0. The Labute approximate surface area is 120 Å². The molecule has 1 aliphatic rings. The van der Waals surface area contributed by atoms with E-state index in [0.717, 1.165) is 30.6 Å². The maximum absolute atomic E-state index is 12.0. The molecule has 0 spiro atoms. The third-order valence-corrected chi connectivity index (χ3v) is 3.17. The number of hydrogen-bond donors (Lipinski definition) is 2. The van der Waals surface area contributed by atoms with Crippen LogP contribution in [0, 0.1) is 12.8 Å². The lowest BCUT2D eigenvalue weighted by Gasteiger charge is -2.15. The van der Waals surface area contributed by atoms with E-state index in [1.54, 1.807) is 6.20 Å². The zero-order valence-electron chi connectivity index (χ0n) is 10.3. The van der Waals surface area contributed by atoms with E-state index < -0.39 is 0 Å². The van der Waals surface area contributed by atoms with Crippen molar-refractivity contribution in [2.75, 3.05) is 5.32 Å². The van der Waals surface area contributed by atoms with Gasteiger partial charge >= 0.3 is 0 Å². The molecule has 2 atom stereocenters. The van der Waals surface area contributed by atoms with Gasteiger partial charge in [-0.05, 0) is 31.9 Å². The fourth-order valence-electron chi connectivity index (χ4n) is 2.16. The molecular weight excluding hydrogens is 273 g/mol. The molecule has 102 valence electrons. The summed E-state index contributed by atoms with van der Waals surface area (Å²) in [6.07, 6.45) is 4.61. The van der Waals surface area contributed by atoms with Crippen LogP contribution in [0.5, 0.6) is 0 Å². The van der Waals surface area contributed by atoms with Gasteiger partial charge in [0.25, 0.3) is 0 Å². The molecule has 1 aromatic rings. The Morgan fingerprint density at radius 2 is 2.17 bits per heavy atom. The Morgan fingerprint density at radius 3 is 2.72 bits per heavy atom. The van der Waals surface area contributed by atoms with Gasteiger partial charge in [0.2, 0.25) is 5.91 Å². The van der Waals surface area contributed by atoms with Crippen LogP contribution in [0.3, 0.4) is 0 Å². The molecule has 0 aromatic carbocycles. The molecule has 1 heterocycles. The van der Waals surface area contributed by atoms with Crippen LogP contribution in [0.15, 0.2) is 18.3 Å². The van der Waals surface area contributed by atoms with Crippen LogP contribution >= 0.6 is 24.8 Å². The van der Waals surface area contributed by atoms with Gasteiger partial charge < -0.3 is 11.1 Å². The summed E-state index contributed by atoms with van der Waals surface area (Å²) in [6.45, 7) is 1.88. The molecule has 0 aliphatic heterocycles. The average molecular weight is 292 g/mol. The highest BCUT2D eigenvalue weighted by molar-refractivity contribution is 5.93. The van der Waals surface area contributed by atoms with E-state index in [4.69, 9.17) is 5.73 Å².